The van der Waals surface area contributed by atoms with Crippen LogP contribution in [-0.4, -0.2) is 4.40 Å². The van der Waals surface area contributed by atoms with E-state index in [0.717, 1.165) is 0 Å². The minimum absolute atomic E-state index is 0.0928. The van der Waals surface area contributed by atoms with Gasteiger partial charge in [0, 0.05) is 21.5 Å². The van der Waals surface area contributed by atoms with Crippen molar-refractivity contribution in [2.75, 3.05) is 0 Å². The number of hydrogen-bond donors (Lipinski definition) is 0. The third kappa shape index (κ3) is 2.21. The first-order chi connectivity index (χ1) is 15.0. The van der Waals surface area contributed by atoms with Crippen LogP contribution in [-0.2, 0) is 5.41 Å². The van der Waals surface area contributed by atoms with Gasteiger partial charge in [-0.3, -0.25) is 0 Å². The fraction of sp³-hybridized carbons (Fsp3) is 0.133. The zero-order valence-electron chi connectivity index (χ0n) is 18.0. The summed E-state index contributed by atoms with van der Waals surface area (Å²) < 4.78 is 2.50. The van der Waals surface area contributed by atoms with Gasteiger partial charge in [-0.2, -0.15) is 0 Å². The van der Waals surface area contributed by atoms with E-state index in [2.05, 4.69) is 110 Å². The second-order valence-corrected chi connectivity index (χ2v) is 9.94. The molecule has 0 radical (unpaired) electrons. The summed E-state index contributed by atoms with van der Waals surface area (Å²) in [6, 6.07) is 31.8. The first kappa shape index (κ1) is 17.1. The molecule has 0 unspecified atom stereocenters. The quantitative estimate of drug-likeness (QED) is 0.242. The van der Waals surface area contributed by atoms with Crippen LogP contribution in [0.4, 0.5) is 0 Å². The molecule has 148 valence electrons. The molecule has 0 aliphatic heterocycles. The molecule has 7 aromatic rings. The number of aromatic nitrogens is 1. The predicted molar refractivity (Wildman–Crippen MR) is 135 cm³/mol. The van der Waals surface area contributed by atoms with Crippen molar-refractivity contribution in [1.29, 1.82) is 0 Å². The van der Waals surface area contributed by atoms with Gasteiger partial charge >= 0.3 is 0 Å². The van der Waals surface area contributed by atoms with Crippen LogP contribution in [0, 0.1) is 0 Å². The van der Waals surface area contributed by atoms with Crippen LogP contribution in [0.2, 0.25) is 0 Å². The lowest BCUT2D eigenvalue weighted by Gasteiger charge is -2.19. The van der Waals surface area contributed by atoms with E-state index in [9.17, 15) is 0 Å². The Hall–Kier alpha value is -3.58. The third-order valence-electron chi connectivity index (χ3n) is 6.99. The Balaban J connectivity index is 1.81. The van der Waals surface area contributed by atoms with E-state index in [4.69, 9.17) is 0 Å². The minimum Gasteiger partial charge on any atom is -0.308 e. The van der Waals surface area contributed by atoms with Crippen molar-refractivity contribution in [1.82, 2.24) is 4.40 Å². The summed E-state index contributed by atoms with van der Waals surface area (Å²) in [7, 11) is 0. The molecule has 0 bridgehead atoms. The Labute approximate surface area is 180 Å². The van der Waals surface area contributed by atoms with Gasteiger partial charge in [-0.25, -0.2) is 0 Å². The molecule has 2 heterocycles. The van der Waals surface area contributed by atoms with Crippen LogP contribution in [0.3, 0.4) is 0 Å². The van der Waals surface area contributed by atoms with Gasteiger partial charge in [0.1, 0.15) is 0 Å². The molecule has 0 aliphatic carbocycles. The molecule has 0 amide bonds. The van der Waals surface area contributed by atoms with E-state index in [1.807, 2.05) is 0 Å². The van der Waals surface area contributed by atoms with Gasteiger partial charge in [-0.05, 0) is 68.9 Å². The molecular weight excluding hydrogens is 374 g/mol. The SMILES string of the molecule is CC(C)(C)c1cc2c3cc4ccccc4cc3n3c4cc5ccccc5cc4c(c1)c23. The van der Waals surface area contributed by atoms with Crippen molar-refractivity contribution in [3.05, 3.63) is 90.5 Å². The maximum absolute atomic E-state index is 2.50. The molecule has 1 heteroatoms. The maximum atomic E-state index is 2.50. The van der Waals surface area contributed by atoms with E-state index in [1.165, 1.54) is 65.2 Å². The smallest absolute Gasteiger partial charge is 0.0620 e. The van der Waals surface area contributed by atoms with E-state index >= 15 is 0 Å². The van der Waals surface area contributed by atoms with Crippen molar-refractivity contribution >= 4 is 59.6 Å². The van der Waals surface area contributed by atoms with Crippen molar-refractivity contribution in [2.45, 2.75) is 26.2 Å². The van der Waals surface area contributed by atoms with Gasteiger partial charge in [0.25, 0.3) is 0 Å². The molecule has 2 aromatic heterocycles. The predicted octanol–water partition coefficient (Wildman–Crippen LogP) is 8.44. The van der Waals surface area contributed by atoms with Gasteiger partial charge < -0.3 is 4.40 Å². The van der Waals surface area contributed by atoms with E-state index < -0.39 is 0 Å². The first-order valence-corrected chi connectivity index (χ1v) is 11.0. The average molecular weight is 398 g/mol. The number of hydrogen-bond acceptors (Lipinski definition) is 0. The van der Waals surface area contributed by atoms with E-state index in [1.54, 1.807) is 0 Å². The van der Waals surface area contributed by atoms with Gasteiger partial charge in [0.15, 0.2) is 0 Å². The Morgan fingerprint density at radius 1 is 0.516 bits per heavy atom. The molecule has 5 aromatic carbocycles. The lowest BCUT2D eigenvalue weighted by Crippen LogP contribution is -2.10. The standard InChI is InChI=1S/C30H23N/c1-30(2,3)22-16-25-23-12-18-8-4-6-10-20(18)14-27(23)31-28-15-21-11-7-5-9-19(21)13-24(28)26(17-22)29(25)31/h4-17H,1-3H3. The fourth-order valence-corrected chi connectivity index (χ4v) is 5.35. The second-order valence-electron chi connectivity index (χ2n) is 9.94. The minimum atomic E-state index is 0.0928. The summed E-state index contributed by atoms with van der Waals surface area (Å²) in [5, 5.41) is 10.6. The molecule has 0 saturated heterocycles. The molecule has 0 atom stereocenters. The van der Waals surface area contributed by atoms with Crippen molar-refractivity contribution in [3.63, 3.8) is 0 Å². The molecule has 0 saturated carbocycles. The van der Waals surface area contributed by atoms with Gasteiger partial charge in [0.2, 0.25) is 0 Å². The summed E-state index contributed by atoms with van der Waals surface area (Å²) in [4.78, 5) is 0. The molecule has 0 aliphatic rings. The van der Waals surface area contributed by atoms with Crippen LogP contribution in [0.5, 0.6) is 0 Å². The van der Waals surface area contributed by atoms with Crippen molar-refractivity contribution in [3.8, 4) is 0 Å². The number of rotatable bonds is 0. The highest BCUT2D eigenvalue weighted by Crippen LogP contribution is 2.43. The first-order valence-electron chi connectivity index (χ1n) is 11.0. The molecule has 1 nitrogen and oxygen atoms in total. The molecule has 0 spiro atoms. The lowest BCUT2D eigenvalue weighted by molar-refractivity contribution is 0.592. The number of nitrogens with zero attached hydrogens (tertiary/aromatic N) is 1. The van der Waals surface area contributed by atoms with Gasteiger partial charge in [-0.15, -0.1) is 0 Å². The largest absolute Gasteiger partial charge is 0.308 e. The van der Waals surface area contributed by atoms with Crippen LogP contribution in [0.1, 0.15) is 26.3 Å². The number of fused-ring (bicyclic) bond motifs is 8. The number of benzene rings is 5. The molecular formula is C30H23N. The summed E-state index contributed by atoms with van der Waals surface area (Å²) >= 11 is 0. The Morgan fingerprint density at radius 3 is 1.35 bits per heavy atom. The Kier molecular flexibility index (Phi) is 3.07. The molecule has 0 fully saturated rings. The summed E-state index contributed by atoms with van der Waals surface area (Å²) in [5.74, 6) is 0. The fourth-order valence-electron chi connectivity index (χ4n) is 5.35. The summed E-state index contributed by atoms with van der Waals surface area (Å²) in [6.07, 6.45) is 0. The molecule has 31 heavy (non-hydrogen) atoms. The summed E-state index contributed by atoms with van der Waals surface area (Å²) in [5.41, 5.74) is 5.44. The van der Waals surface area contributed by atoms with Crippen LogP contribution in [0.25, 0.3) is 59.6 Å². The average Bonchev–Trinajstić information content (AvgIpc) is 3.26. The zero-order chi connectivity index (χ0) is 20.9. The Bertz CT molecular complexity index is 1690. The topological polar surface area (TPSA) is 4.41 Å². The second kappa shape index (κ2) is 5.56. The van der Waals surface area contributed by atoms with E-state index in [0.29, 0.717) is 0 Å². The van der Waals surface area contributed by atoms with Gasteiger partial charge in [0.05, 0.1) is 16.6 Å². The lowest BCUT2D eigenvalue weighted by atomic mass is 9.85. The molecule has 0 N–H and O–H groups in total. The summed E-state index contributed by atoms with van der Waals surface area (Å²) in [6.45, 7) is 6.93. The van der Waals surface area contributed by atoms with Crippen LogP contribution < -0.4 is 0 Å². The monoisotopic (exact) mass is 397 g/mol. The molecule has 7 rings (SSSR count). The zero-order valence-corrected chi connectivity index (χ0v) is 18.0. The van der Waals surface area contributed by atoms with Crippen molar-refractivity contribution < 1.29 is 0 Å². The highest BCUT2D eigenvalue weighted by Gasteiger charge is 2.22. The normalized spacial score (nSPS) is 13.0. The van der Waals surface area contributed by atoms with Crippen molar-refractivity contribution in [2.24, 2.45) is 0 Å². The highest BCUT2D eigenvalue weighted by molar-refractivity contribution is 6.26. The van der Waals surface area contributed by atoms with Gasteiger partial charge in [-0.1, -0.05) is 69.3 Å². The Morgan fingerprint density at radius 2 is 0.935 bits per heavy atom. The third-order valence-corrected chi connectivity index (χ3v) is 6.99. The highest BCUT2D eigenvalue weighted by atomic mass is 14.9. The van der Waals surface area contributed by atoms with Crippen LogP contribution in [0.15, 0.2) is 84.9 Å². The van der Waals surface area contributed by atoms with Crippen LogP contribution >= 0.6 is 0 Å². The maximum Gasteiger partial charge on any atom is 0.0620 e. The van der Waals surface area contributed by atoms with E-state index in [-0.39, 0.29) is 5.41 Å².